The van der Waals surface area contributed by atoms with E-state index >= 15 is 0 Å². The molecule has 0 spiro atoms. The summed E-state index contributed by atoms with van der Waals surface area (Å²) in [5, 5.41) is 24.3. The Bertz CT molecular complexity index is 926. The van der Waals surface area contributed by atoms with Crippen LogP contribution in [0.1, 0.15) is 20.7 Å². The molecule has 0 radical (unpaired) electrons. The number of nitro benzene ring substituents is 2. The standard InChI is InChI=1S/C15H10N4O6/c20-14-12-5-4-11(19(24)25)7-13(12)15(21)17(14)8-16-9-2-1-3-10(6-9)18(22)23/h1-7,16H,8H2. The van der Waals surface area contributed by atoms with Crippen LogP contribution in [0, 0.1) is 20.2 Å². The van der Waals surface area contributed by atoms with Gasteiger partial charge in [-0.25, -0.2) is 0 Å². The van der Waals surface area contributed by atoms with Gasteiger partial charge in [-0.3, -0.25) is 34.7 Å². The van der Waals surface area contributed by atoms with Crippen molar-refractivity contribution in [3.8, 4) is 0 Å². The van der Waals surface area contributed by atoms with Gasteiger partial charge >= 0.3 is 0 Å². The number of non-ortho nitro benzene ring substituents is 2. The maximum absolute atomic E-state index is 12.3. The molecular weight excluding hydrogens is 332 g/mol. The number of rotatable bonds is 5. The highest BCUT2D eigenvalue weighted by molar-refractivity contribution is 6.21. The lowest BCUT2D eigenvalue weighted by molar-refractivity contribution is -0.385. The van der Waals surface area contributed by atoms with Gasteiger partial charge in [-0.2, -0.15) is 0 Å². The molecule has 1 N–H and O–H groups in total. The zero-order valence-corrected chi connectivity index (χ0v) is 12.5. The van der Waals surface area contributed by atoms with E-state index in [-0.39, 0.29) is 29.2 Å². The minimum Gasteiger partial charge on any atom is -0.367 e. The first-order valence-electron chi connectivity index (χ1n) is 7.01. The van der Waals surface area contributed by atoms with E-state index in [2.05, 4.69) is 5.32 Å². The fourth-order valence-electron chi connectivity index (χ4n) is 2.44. The Hall–Kier alpha value is -3.82. The largest absolute Gasteiger partial charge is 0.367 e. The zero-order valence-electron chi connectivity index (χ0n) is 12.5. The summed E-state index contributed by atoms with van der Waals surface area (Å²) in [5.41, 5.74) is -0.0235. The molecule has 3 rings (SSSR count). The molecule has 0 saturated carbocycles. The van der Waals surface area contributed by atoms with Gasteiger partial charge in [-0.1, -0.05) is 6.07 Å². The third-order valence-electron chi connectivity index (χ3n) is 3.66. The maximum atomic E-state index is 12.3. The summed E-state index contributed by atoms with van der Waals surface area (Å²) in [7, 11) is 0. The first kappa shape index (κ1) is 16.1. The molecule has 10 heteroatoms. The fourth-order valence-corrected chi connectivity index (χ4v) is 2.44. The van der Waals surface area contributed by atoms with Gasteiger partial charge in [0.05, 0.1) is 27.6 Å². The van der Waals surface area contributed by atoms with E-state index in [1.54, 1.807) is 6.07 Å². The smallest absolute Gasteiger partial charge is 0.271 e. The van der Waals surface area contributed by atoms with Gasteiger partial charge in [0, 0.05) is 30.0 Å². The number of imide groups is 1. The topological polar surface area (TPSA) is 136 Å². The minimum atomic E-state index is -0.665. The van der Waals surface area contributed by atoms with E-state index in [1.165, 1.54) is 24.3 Å². The van der Waals surface area contributed by atoms with Gasteiger partial charge in [-0.05, 0) is 12.1 Å². The Morgan fingerprint density at radius 2 is 1.52 bits per heavy atom. The van der Waals surface area contributed by atoms with Crippen molar-refractivity contribution in [1.29, 1.82) is 0 Å². The van der Waals surface area contributed by atoms with Crippen molar-refractivity contribution in [2.45, 2.75) is 0 Å². The van der Waals surface area contributed by atoms with Crippen LogP contribution in [0.15, 0.2) is 42.5 Å². The van der Waals surface area contributed by atoms with Crippen LogP contribution in [0.2, 0.25) is 0 Å². The monoisotopic (exact) mass is 342 g/mol. The summed E-state index contributed by atoms with van der Waals surface area (Å²) in [6, 6.07) is 9.04. The van der Waals surface area contributed by atoms with Crippen molar-refractivity contribution in [2.24, 2.45) is 0 Å². The number of benzene rings is 2. The number of nitrogens with one attached hydrogen (secondary N) is 1. The number of amides is 2. The lowest BCUT2D eigenvalue weighted by Gasteiger charge is -2.15. The Labute approximate surface area is 140 Å². The normalized spacial score (nSPS) is 12.9. The molecule has 0 bridgehead atoms. The predicted octanol–water partition coefficient (Wildman–Crippen LogP) is 2.17. The summed E-state index contributed by atoms with van der Waals surface area (Å²) < 4.78 is 0. The summed E-state index contributed by atoms with van der Waals surface area (Å²) >= 11 is 0. The molecule has 0 fully saturated rings. The molecule has 2 aromatic carbocycles. The van der Waals surface area contributed by atoms with Gasteiger partial charge in [0.1, 0.15) is 0 Å². The van der Waals surface area contributed by atoms with Crippen LogP contribution in [0.5, 0.6) is 0 Å². The van der Waals surface area contributed by atoms with Crippen LogP contribution in [0.4, 0.5) is 17.1 Å². The molecule has 1 heterocycles. The second-order valence-electron chi connectivity index (χ2n) is 5.17. The highest BCUT2D eigenvalue weighted by Gasteiger charge is 2.36. The first-order chi connectivity index (χ1) is 11.9. The Balaban J connectivity index is 1.79. The van der Waals surface area contributed by atoms with Gasteiger partial charge in [0.2, 0.25) is 0 Å². The average Bonchev–Trinajstić information content (AvgIpc) is 2.83. The second-order valence-corrected chi connectivity index (χ2v) is 5.17. The molecule has 2 amide bonds. The van der Waals surface area contributed by atoms with Crippen LogP contribution in [0.25, 0.3) is 0 Å². The SMILES string of the molecule is O=C1c2ccc([N+](=O)[O-])cc2C(=O)N1CNc1cccc([N+](=O)[O-])c1. The molecule has 1 aliphatic heterocycles. The molecule has 2 aromatic rings. The molecule has 126 valence electrons. The molecule has 1 aliphatic rings. The summed E-state index contributed by atoms with van der Waals surface area (Å²) in [4.78, 5) is 45.8. The van der Waals surface area contributed by atoms with Crippen LogP contribution in [-0.2, 0) is 0 Å². The number of nitrogens with zero attached hydrogens (tertiary/aromatic N) is 3. The summed E-state index contributed by atoms with van der Waals surface area (Å²) in [6.45, 7) is -0.221. The molecule has 0 atom stereocenters. The van der Waals surface area contributed by atoms with E-state index in [9.17, 15) is 29.8 Å². The van der Waals surface area contributed by atoms with E-state index < -0.39 is 21.7 Å². The quantitative estimate of drug-likeness (QED) is 0.499. The van der Waals surface area contributed by atoms with Crippen molar-refractivity contribution < 1.29 is 19.4 Å². The molecule has 0 aromatic heterocycles. The lowest BCUT2D eigenvalue weighted by Crippen LogP contribution is -2.34. The average molecular weight is 342 g/mol. The van der Waals surface area contributed by atoms with Gasteiger partial charge < -0.3 is 5.32 Å². The zero-order chi connectivity index (χ0) is 18.1. The first-order valence-corrected chi connectivity index (χ1v) is 7.01. The minimum absolute atomic E-state index is 0.0416. The number of carbonyl (C=O) groups is 2. The third-order valence-corrected chi connectivity index (χ3v) is 3.66. The van der Waals surface area contributed by atoms with Crippen molar-refractivity contribution in [3.05, 3.63) is 73.8 Å². The molecule has 0 unspecified atom stereocenters. The van der Waals surface area contributed by atoms with Crippen LogP contribution < -0.4 is 5.32 Å². The van der Waals surface area contributed by atoms with Crippen molar-refractivity contribution in [1.82, 2.24) is 4.90 Å². The highest BCUT2D eigenvalue weighted by Crippen LogP contribution is 2.27. The summed E-state index contributed by atoms with van der Waals surface area (Å²) in [5.74, 6) is -1.26. The van der Waals surface area contributed by atoms with E-state index in [0.29, 0.717) is 5.69 Å². The van der Waals surface area contributed by atoms with Gasteiger partial charge in [0.15, 0.2) is 0 Å². The van der Waals surface area contributed by atoms with Gasteiger partial charge in [0.25, 0.3) is 23.2 Å². The van der Waals surface area contributed by atoms with E-state index in [1.807, 2.05) is 0 Å². The number of fused-ring (bicyclic) bond motifs is 1. The van der Waals surface area contributed by atoms with E-state index in [0.717, 1.165) is 17.0 Å². The van der Waals surface area contributed by atoms with Crippen LogP contribution in [-0.4, -0.2) is 33.2 Å². The number of nitro groups is 2. The lowest BCUT2D eigenvalue weighted by atomic mass is 10.1. The van der Waals surface area contributed by atoms with Crippen LogP contribution >= 0.6 is 0 Å². The van der Waals surface area contributed by atoms with Gasteiger partial charge in [-0.15, -0.1) is 0 Å². The third kappa shape index (κ3) is 2.87. The predicted molar refractivity (Wildman–Crippen MR) is 85.2 cm³/mol. The number of carbonyl (C=O) groups excluding carboxylic acids is 2. The molecule has 25 heavy (non-hydrogen) atoms. The Kier molecular flexibility index (Phi) is 3.85. The molecule has 10 nitrogen and oxygen atoms in total. The Morgan fingerprint density at radius 3 is 2.20 bits per heavy atom. The summed E-state index contributed by atoms with van der Waals surface area (Å²) in [6.07, 6.45) is 0. The molecule has 0 saturated heterocycles. The number of hydrogen-bond donors (Lipinski definition) is 1. The molecule has 0 aliphatic carbocycles. The van der Waals surface area contributed by atoms with Crippen molar-refractivity contribution in [3.63, 3.8) is 0 Å². The fraction of sp³-hybridized carbons (Fsp3) is 0.0667. The van der Waals surface area contributed by atoms with Crippen molar-refractivity contribution >= 4 is 28.9 Å². The number of anilines is 1. The van der Waals surface area contributed by atoms with Crippen LogP contribution in [0.3, 0.4) is 0 Å². The maximum Gasteiger partial charge on any atom is 0.271 e. The van der Waals surface area contributed by atoms with Crippen molar-refractivity contribution in [2.75, 3.05) is 12.0 Å². The highest BCUT2D eigenvalue weighted by atomic mass is 16.6. The number of hydrogen-bond acceptors (Lipinski definition) is 7. The molecular formula is C15H10N4O6. The van der Waals surface area contributed by atoms with E-state index in [4.69, 9.17) is 0 Å². The second kappa shape index (κ2) is 6.00. The Morgan fingerprint density at radius 1 is 0.880 bits per heavy atom.